The first-order chi connectivity index (χ1) is 12.6. The maximum atomic E-state index is 11.5. The van der Waals surface area contributed by atoms with E-state index in [-0.39, 0.29) is 11.9 Å². The van der Waals surface area contributed by atoms with Gasteiger partial charge in [0.15, 0.2) is 0 Å². The Kier molecular flexibility index (Phi) is 5.69. The molecule has 0 radical (unpaired) electrons. The minimum Gasteiger partial charge on any atom is -0.465 e. The van der Waals surface area contributed by atoms with Gasteiger partial charge in [-0.25, -0.2) is 9.78 Å². The first kappa shape index (κ1) is 18.5. The smallest absolute Gasteiger partial charge is 0.337 e. The largest absolute Gasteiger partial charge is 0.465 e. The average Bonchev–Trinajstić information content (AvgIpc) is 3.11. The number of aliphatic hydroxyl groups is 1. The number of ether oxygens (including phenoxy) is 1. The van der Waals surface area contributed by atoms with Gasteiger partial charge in [-0.1, -0.05) is 44.9 Å². The van der Waals surface area contributed by atoms with E-state index in [0.717, 1.165) is 39.2 Å². The van der Waals surface area contributed by atoms with Gasteiger partial charge in [-0.05, 0) is 35.7 Å². The molecule has 136 valence electrons. The summed E-state index contributed by atoms with van der Waals surface area (Å²) in [6.07, 6.45) is 1.46. The van der Waals surface area contributed by atoms with Crippen LogP contribution >= 0.6 is 11.3 Å². The van der Waals surface area contributed by atoms with Gasteiger partial charge in [-0.15, -0.1) is 11.3 Å². The molecule has 4 nitrogen and oxygen atoms in total. The van der Waals surface area contributed by atoms with Crippen LogP contribution in [0.25, 0.3) is 20.8 Å². The number of aromatic nitrogens is 1. The fourth-order valence-corrected chi connectivity index (χ4v) is 4.14. The summed E-state index contributed by atoms with van der Waals surface area (Å²) in [4.78, 5) is 16.2. The number of methoxy groups -OCH3 is 1. The number of benzene rings is 2. The van der Waals surface area contributed by atoms with Crippen LogP contribution in [0.1, 0.15) is 48.7 Å². The van der Waals surface area contributed by atoms with E-state index in [0.29, 0.717) is 5.56 Å². The Hall–Kier alpha value is -2.24. The highest BCUT2D eigenvalue weighted by molar-refractivity contribution is 7.21. The highest BCUT2D eigenvalue weighted by Crippen LogP contribution is 2.34. The summed E-state index contributed by atoms with van der Waals surface area (Å²) in [7, 11) is 1.37. The van der Waals surface area contributed by atoms with Crippen LogP contribution in [0.3, 0.4) is 0 Å². The number of thiazole rings is 1. The van der Waals surface area contributed by atoms with Crippen LogP contribution < -0.4 is 0 Å². The standard InChI is InChI=1S/C21H23NO3S/c1-4-13(5-2)19(23)16-10-11-17-18(12-16)26-20(22-17)14-6-8-15(9-7-14)21(24)25-3/h6-13,19,23H,4-5H2,1-3H3. The number of aliphatic hydroxyl groups excluding tert-OH is 1. The van der Waals surface area contributed by atoms with E-state index in [1.165, 1.54) is 7.11 Å². The molecule has 3 aromatic rings. The molecule has 0 aliphatic rings. The number of carbonyl (C=O) groups excluding carboxylic acids is 1. The molecule has 1 heterocycles. The highest BCUT2D eigenvalue weighted by Gasteiger charge is 2.18. The van der Waals surface area contributed by atoms with Crippen LogP contribution in [0, 0.1) is 5.92 Å². The summed E-state index contributed by atoms with van der Waals surface area (Å²) < 4.78 is 5.78. The number of nitrogens with zero attached hydrogens (tertiary/aromatic N) is 1. The Morgan fingerprint density at radius 1 is 1.15 bits per heavy atom. The third kappa shape index (κ3) is 3.64. The van der Waals surface area contributed by atoms with Gasteiger partial charge in [0.25, 0.3) is 0 Å². The second-order valence-electron chi connectivity index (χ2n) is 6.34. The molecule has 1 N–H and O–H groups in total. The van der Waals surface area contributed by atoms with Gasteiger partial charge >= 0.3 is 5.97 Å². The third-order valence-electron chi connectivity index (χ3n) is 4.80. The number of fused-ring (bicyclic) bond motifs is 1. The van der Waals surface area contributed by atoms with Gasteiger partial charge in [0.05, 0.1) is 29.0 Å². The van der Waals surface area contributed by atoms with E-state index in [4.69, 9.17) is 4.74 Å². The minimum atomic E-state index is -0.445. The summed E-state index contributed by atoms with van der Waals surface area (Å²) in [5.74, 6) is -0.0772. The fraction of sp³-hybridized carbons (Fsp3) is 0.333. The summed E-state index contributed by atoms with van der Waals surface area (Å²) in [6, 6.07) is 13.2. The van der Waals surface area contributed by atoms with Gasteiger partial charge in [-0.2, -0.15) is 0 Å². The predicted molar refractivity (Wildman–Crippen MR) is 105 cm³/mol. The molecule has 3 rings (SSSR count). The SMILES string of the molecule is CCC(CC)C(O)c1ccc2nc(-c3ccc(C(=O)OC)cc3)sc2c1. The maximum absolute atomic E-state index is 11.5. The van der Waals surface area contributed by atoms with E-state index in [9.17, 15) is 9.90 Å². The molecule has 0 aliphatic carbocycles. The molecule has 0 fully saturated rings. The van der Waals surface area contributed by atoms with E-state index >= 15 is 0 Å². The quantitative estimate of drug-likeness (QED) is 0.605. The number of carbonyl (C=O) groups is 1. The summed E-state index contributed by atoms with van der Waals surface area (Å²) in [6.45, 7) is 4.22. The number of rotatable bonds is 6. The van der Waals surface area contributed by atoms with E-state index in [1.807, 2.05) is 30.3 Å². The topological polar surface area (TPSA) is 59.4 Å². The van der Waals surface area contributed by atoms with Crippen molar-refractivity contribution >= 4 is 27.5 Å². The van der Waals surface area contributed by atoms with Crippen molar-refractivity contribution in [2.75, 3.05) is 7.11 Å². The molecule has 0 saturated heterocycles. The Labute approximate surface area is 157 Å². The first-order valence-electron chi connectivity index (χ1n) is 8.84. The number of hydrogen-bond donors (Lipinski definition) is 1. The van der Waals surface area contributed by atoms with Crippen molar-refractivity contribution in [3.05, 3.63) is 53.6 Å². The normalized spacial score (nSPS) is 12.5. The van der Waals surface area contributed by atoms with Crippen LogP contribution in [-0.2, 0) is 4.74 Å². The van der Waals surface area contributed by atoms with Crippen LogP contribution in [0.4, 0.5) is 0 Å². The lowest BCUT2D eigenvalue weighted by atomic mass is 9.91. The van der Waals surface area contributed by atoms with Gasteiger partial charge in [0, 0.05) is 5.56 Å². The molecule has 0 bridgehead atoms. The average molecular weight is 369 g/mol. The molecule has 0 spiro atoms. The lowest BCUT2D eigenvalue weighted by Crippen LogP contribution is -2.10. The highest BCUT2D eigenvalue weighted by atomic mass is 32.1. The van der Waals surface area contributed by atoms with Crippen molar-refractivity contribution in [1.29, 1.82) is 0 Å². The van der Waals surface area contributed by atoms with E-state index in [1.54, 1.807) is 23.5 Å². The van der Waals surface area contributed by atoms with Crippen molar-refractivity contribution in [3.8, 4) is 10.6 Å². The Bertz CT molecular complexity index is 897. The van der Waals surface area contributed by atoms with Crippen LogP contribution in [0.2, 0.25) is 0 Å². The fourth-order valence-electron chi connectivity index (χ4n) is 3.12. The van der Waals surface area contributed by atoms with E-state index in [2.05, 4.69) is 18.8 Å². The minimum absolute atomic E-state index is 0.269. The van der Waals surface area contributed by atoms with Gasteiger partial charge in [0.1, 0.15) is 5.01 Å². The van der Waals surface area contributed by atoms with Gasteiger partial charge < -0.3 is 9.84 Å². The lowest BCUT2D eigenvalue weighted by molar-refractivity contribution is 0.0600. The number of hydrogen-bond acceptors (Lipinski definition) is 5. The zero-order chi connectivity index (χ0) is 18.7. The monoisotopic (exact) mass is 369 g/mol. The molecule has 5 heteroatoms. The predicted octanol–water partition coefficient (Wildman–Crippen LogP) is 5.22. The van der Waals surface area contributed by atoms with Crippen LogP contribution in [0.5, 0.6) is 0 Å². The molecule has 1 atom stereocenters. The second kappa shape index (κ2) is 7.98. The molecular formula is C21H23NO3S. The first-order valence-corrected chi connectivity index (χ1v) is 9.66. The molecular weight excluding hydrogens is 346 g/mol. The zero-order valence-corrected chi connectivity index (χ0v) is 16.0. The van der Waals surface area contributed by atoms with Crippen molar-refractivity contribution < 1.29 is 14.6 Å². The van der Waals surface area contributed by atoms with Gasteiger partial charge in [0.2, 0.25) is 0 Å². The van der Waals surface area contributed by atoms with Crippen molar-refractivity contribution in [1.82, 2.24) is 4.98 Å². The summed E-state index contributed by atoms with van der Waals surface area (Å²) >= 11 is 1.59. The lowest BCUT2D eigenvalue weighted by Gasteiger charge is -2.20. The third-order valence-corrected chi connectivity index (χ3v) is 5.87. The molecule has 0 aliphatic heterocycles. The molecule has 1 aromatic heterocycles. The molecule has 0 amide bonds. The molecule has 26 heavy (non-hydrogen) atoms. The summed E-state index contributed by atoms with van der Waals surface area (Å²) in [5, 5.41) is 11.5. The van der Waals surface area contributed by atoms with Crippen LogP contribution in [-0.4, -0.2) is 23.2 Å². The van der Waals surface area contributed by atoms with Crippen molar-refractivity contribution in [2.45, 2.75) is 32.8 Å². The van der Waals surface area contributed by atoms with E-state index < -0.39 is 6.10 Å². The van der Waals surface area contributed by atoms with Crippen LogP contribution in [0.15, 0.2) is 42.5 Å². The Morgan fingerprint density at radius 2 is 1.85 bits per heavy atom. The van der Waals surface area contributed by atoms with Crippen molar-refractivity contribution in [2.24, 2.45) is 5.92 Å². The molecule has 1 unspecified atom stereocenters. The summed E-state index contributed by atoms with van der Waals surface area (Å²) in [5.41, 5.74) is 3.35. The Morgan fingerprint density at radius 3 is 2.46 bits per heavy atom. The second-order valence-corrected chi connectivity index (χ2v) is 7.37. The Balaban J connectivity index is 1.91. The van der Waals surface area contributed by atoms with Gasteiger partial charge in [-0.3, -0.25) is 0 Å². The molecule has 0 saturated carbocycles. The maximum Gasteiger partial charge on any atom is 0.337 e. The zero-order valence-electron chi connectivity index (χ0n) is 15.2. The van der Waals surface area contributed by atoms with Crippen molar-refractivity contribution in [3.63, 3.8) is 0 Å². The molecule has 2 aromatic carbocycles. The number of esters is 1.